The molecule has 1 aromatic carbocycles. The summed E-state index contributed by atoms with van der Waals surface area (Å²) in [7, 11) is 1.91. The molecule has 0 radical (unpaired) electrons. The Kier molecular flexibility index (Phi) is 4.35. The lowest BCUT2D eigenvalue weighted by molar-refractivity contribution is 0.450. The molecule has 20 heavy (non-hydrogen) atoms. The molecule has 2 aromatic rings. The Labute approximate surface area is 119 Å². The Hall–Kier alpha value is -1.94. The first-order chi connectivity index (χ1) is 9.51. The zero-order valence-corrected chi connectivity index (χ0v) is 12.5. The molecule has 0 aliphatic rings. The van der Waals surface area contributed by atoms with E-state index in [9.17, 15) is 4.79 Å². The van der Waals surface area contributed by atoms with Crippen LogP contribution in [0.5, 0.6) is 0 Å². The van der Waals surface area contributed by atoms with Gasteiger partial charge in [0.1, 0.15) is 0 Å². The van der Waals surface area contributed by atoms with Crippen LogP contribution in [0.3, 0.4) is 0 Å². The first-order valence-corrected chi connectivity index (χ1v) is 6.79. The summed E-state index contributed by atoms with van der Waals surface area (Å²) in [6.07, 6.45) is 1.72. The molecule has 0 fully saturated rings. The van der Waals surface area contributed by atoms with Gasteiger partial charge in [-0.2, -0.15) is 5.10 Å². The monoisotopic (exact) mass is 271 g/mol. The Morgan fingerprint density at radius 1 is 1.20 bits per heavy atom. The SMILES string of the molecule is CNC(Cn1ncc(C)cc1=O)c1cc(C)ccc1C. The minimum atomic E-state index is -0.0597. The molecule has 2 rings (SSSR count). The van der Waals surface area contributed by atoms with Crippen molar-refractivity contribution in [3.63, 3.8) is 0 Å². The van der Waals surface area contributed by atoms with Crippen LogP contribution in [0.15, 0.2) is 35.3 Å². The van der Waals surface area contributed by atoms with Crippen molar-refractivity contribution in [2.75, 3.05) is 7.05 Å². The zero-order chi connectivity index (χ0) is 14.7. The van der Waals surface area contributed by atoms with Crippen molar-refractivity contribution < 1.29 is 0 Å². The maximum Gasteiger partial charge on any atom is 0.267 e. The third-order valence-electron chi connectivity index (χ3n) is 3.52. The molecule has 0 aliphatic heterocycles. The van der Waals surface area contributed by atoms with Crippen LogP contribution in [-0.4, -0.2) is 16.8 Å². The highest BCUT2D eigenvalue weighted by Gasteiger charge is 2.14. The Bertz CT molecular complexity index is 661. The number of rotatable bonds is 4. The maximum absolute atomic E-state index is 11.9. The van der Waals surface area contributed by atoms with Crippen molar-refractivity contribution >= 4 is 0 Å². The van der Waals surface area contributed by atoms with Crippen LogP contribution in [0.2, 0.25) is 0 Å². The predicted molar refractivity (Wildman–Crippen MR) is 81.0 cm³/mol. The lowest BCUT2D eigenvalue weighted by Gasteiger charge is -2.20. The van der Waals surface area contributed by atoms with E-state index in [1.54, 1.807) is 12.3 Å². The molecule has 1 heterocycles. The van der Waals surface area contributed by atoms with Crippen LogP contribution >= 0.6 is 0 Å². The van der Waals surface area contributed by atoms with Crippen LogP contribution < -0.4 is 10.9 Å². The lowest BCUT2D eigenvalue weighted by Crippen LogP contribution is -2.30. The van der Waals surface area contributed by atoms with E-state index in [1.807, 2.05) is 14.0 Å². The number of nitrogens with one attached hydrogen (secondary N) is 1. The maximum atomic E-state index is 11.9. The summed E-state index contributed by atoms with van der Waals surface area (Å²) in [5, 5.41) is 7.48. The Morgan fingerprint density at radius 2 is 1.95 bits per heavy atom. The largest absolute Gasteiger partial charge is 0.311 e. The minimum Gasteiger partial charge on any atom is -0.311 e. The molecule has 1 aromatic heterocycles. The van der Waals surface area contributed by atoms with Gasteiger partial charge in [-0.1, -0.05) is 23.8 Å². The van der Waals surface area contributed by atoms with Gasteiger partial charge < -0.3 is 5.32 Å². The smallest absolute Gasteiger partial charge is 0.267 e. The van der Waals surface area contributed by atoms with Gasteiger partial charge in [-0.3, -0.25) is 4.79 Å². The number of aryl methyl sites for hydroxylation is 3. The quantitative estimate of drug-likeness (QED) is 0.926. The molecule has 0 spiro atoms. The molecular formula is C16H21N3O. The second-order valence-corrected chi connectivity index (χ2v) is 5.25. The molecule has 0 amide bonds. The third-order valence-corrected chi connectivity index (χ3v) is 3.52. The van der Waals surface area contributed by atoms with Crippen LogP contribution in [-0.2, 0) is 6.54 Å². The van der Waals surface area contributed by atoms with E-state index in [1.165, 1.54) is 21.4 Å². The van der Waals surface area contributed by atoms with Crippen LogP contribution in [0.1, 0.15) is 28.3 Å². The normalized spacial score (nSPS) is 12.4. The van der Waals surface area contributed by atoms with Gasteiger partial charge in [-0.25, -0.2) is 4.68 Å². The number of hydrogen-bond acceptors (Lipinski definition) is 3. The van der Waals surface area contributed by atoms with Gasteiger partial charge in [0.2, 0.25) is 0 Å². The summed E-state index contributed by atoms with van der Waals surface area (Å²) >= 11 is 0. The van der Waals surface area contributed by atoms with E-state index in [4.69, 9.17) is 0 Å². The van der Waals surface area contributed by atoms with E-state index in [0.717, 1.165) is 5.56 Å². The summed E-state index contributed by atoms with van der Waals surface area (Å²) in [6, 6.07) is 8.06. The van der Waals surface area contributed by atoms with Gasteiger partial charge >= 0.3 is 0 Å². The van der Waals surface area contributed by atoms with E-state index in [0.29, 0.717) is 6.54 Å². The van der Waals surface area contributed by atoms with Gasteiger partial charge in [-0.15, -0.1) is 0 Å². The Morgan fingerprint density at radius 3 is 2.60 bits per heavy atom. The Balaban J connectivity index is 2.33. The topological polar surface area (TPSA) is 46.9 Å². The first-order valence-electron chi connectivity index (χ1n) is 6.79. The highest BCUT2D eigenvalue weighted by molar-refractivity contribution is 5.32. The van der Waals surface area contributed by atoms with Crippen LogP contribution in [0.25, 0.3) is 0 Å². The summed E-state index contributed by atoms with van der Waals surface area (Å²) in [6.45, 7) is 6.56. The summed E-state index contributed by atoms with van der Waals surface area (Å²) < 4.78 is 1.51. The predicted octanol–water partition coefficient (Wildman–Crippen LogP) is 2.13. The van der Waals surface area contributed by atoms with E-state index < -0.39 is 0 Å². The average molecular weight is 271 g/mol. The molecule has 1 unspecified atom stereocenters. The van der Waals surface area contributed by atoms with Crippen LogP contribution in [0.4, 0.5) is 0 Å². The second-order valence-electron chi connectivity index (χ2n) is 5.25. The highest BCUT2D eigenvalue weighted by atomic mass is 16.1. The molecular weight excluding hydrogens is 250 g/mol. The van der Waals surface area contributed by atoms with Crippen molar-refractivity contribution in [2.24, 2.45) is 0 Å². The van der Waals surface area contributed by atoms with Gasteiger partial charge in [0.25, 0.3) is 5.56 Å². The zero-order valence-electron chi connectivity index (χ0n) is 12.5. The molecule has 1 atom stereocenters. The number of hydrogen-bond donors (Lipinski definition) is 1. The van der Waals surface area contributed by atoms with Gasteiger partial charge in [-0.05, 0) is 44.5 Å². The molecule has 106 valence electrons. The van der Waals surface area contributed by atoms with E-state index >= 15 is 0 Å². The molecule has 0 saturated carbocycles. The number of nitrogens with zero attached hydrogens (tertiary/aromatic N) is 2. The fourth-order valence-corrected chi connectivity index (χ4v) is 2.31. The van der Waals surface area contributed by atoms with E-state index in [-0.39, 0.29) is 11.6 Å². The molecule has 4 nitrogen and oxygen atoms in total. The third kappa shape index (κ3) is 3.14. The standard InChI is InChI=1S/C16H21N3O/c1-11-5-6-13(3)14(7-11)15(17-4)10-19-16(20)8-12(2)9-18-19/h5-9,15,17H,10H2,1-4H3. The molecule has 0 saturated heterocycles. The van der Waals surface area contributed by atoms with E-state index in [2.05, 4.69) is 42.5 Å². The number of benzene rings is 1. The van der Waals surface area contributed by atoms with Gasteiger partial charge in [0.15, 0.2) is 0 Å². The van der Waals surface area contributed by atoms with Crippen LogP contribution in [0, 0.1) is 20.8 Å². The van der Waals surface area contributed by atoms with Crippen molar-refractivity contribution in [1.29, 1.82) is 0 Å². The minimum absolute atomic E-state index is 0.0597. The van der Waals surface area contributed by atoms with Crippen molar-refractivity contribution in [1.82, 2.24) is 15.1 Å². The molecule has 0 bridgehead atoms. The lowest BCUT2D eigenvalue weighted by atomic mass is 9.99. The average Bonchev–Trinajstić information content (AvgIpc) is 2.41. The summed E-state index contributed by atoms with van der Waals surface area (Å²) in [4.78, 5) is 11.9. The summed E-state index contributed by atoms with van der Waals surface area (Å²) in [5.41, 5.74) is 4.47. The second kappa shape index (κ2) is 6.01. The number of likely N-dealkylation sites (N-methyl/N-ethyl adjacent to an activating group) is 1. The number of aromatic nitrogens is 2. The summed E-state index contributed by atoms with van der Waals surface area (Å²) in [5.74, 6) is 0. The van der Waals surface area contributed by atoms with Gasteiger partial charge in [0.05, 0.1) is 18.8 Å². The molecule has 4 heteroatoms. The van der Waals surface area contributed by atoms with Crippen molar-refractivity contribution in [3.05, 3.63) is 63.1 Å². The van der Waals surface area contributed by atoms with Crippen molar-refractivity contribution in [2.45, 2.75) is 33.4 Å². The highest BCUT2D eigenvalue weighted by Crippen LogP contribution is 2.20. The fraction of sp³-hybridized carbons (Fsp3) is 0.375. The van der Waals surface area contributed by atoms with Gasteiger partial charge in [0, 0.05) is 6.07 Å². The fourth-order valence-electron chi connectivity index (χ4n) is 2.31. The molecule has 0 aliphatic carbocycles. The first kappa shape index (κ1) is 14.5. The molecule has 1 N–H and O–H groups in total. The van der Waals surface area contributed by atoms with Crippen molar-refractivity contribution in [3.8, 4) is 0 Å².